The minimum atomic E-state index is 0.579. The molecule has 1 heteroatoms. The molecule has 0 N–H and O–H groups in total. The van der Waals surface area contributed by atoms with Gasteiger partial charge in [-0.25, -0.2) is 0 Å². The van der Waals surface area contributed by atoms with Crippen molar-refractivity contribution in [2.45, 2.75) is 46.0 Å². The van der Waals surface area contributed by atoms with E-state index in [-0.39, 0.29) is 0 Å². The molecule has 15 heavy (non-hydrogen) atoms. The summed E-state index contributed by atoms with van der Waals surface area (Å²) < 4.78 is 5.46. The molecule has 0 spiro atoms. The monoisotopic (exact) mass is 206 g/mol. The largest absolute Gasteiger partial charge is 0.496 e. The zero-order chi connectivity index (χ0) is 11.3. The maximum absolute atomic E-state index is 5.46. The fourth-order valence-electron chi connectivity index (χ4n) is 1.83. The van der Waals surface area contributed by atoms with Crippen LogP contribution in [0.5, 0.6) is 5.75 Å². The van der Waals surface area contributed by atoms with E-state index in [1.807, 2.05) is 0 Å². The molecule has 0 amide bonds. The van der Waals surface area contributed by atoms with Crippen molar-refractivity contribution in [3.05, 3.63) is 29.3 Å². The van der Waals surface area contributed by atoms with Gasteiger partial charge in [-0.2, -0.15) is 0 Å². The molecular weight excluding hydrogens is 184 g/mol. The molecule has 1 atom stereocenters. The Bertz CT molecular complexity index is 304. The Kier molecular flexibility index (Phi) is 4.67. The van der Waals surface area contributed by atoms with Crippen LogP contribution >= 0.6 is 0 Å². The van der Waals surface area contributed by atoms with E-state index in [9.17, 15) is 0 Å². The first-order valence-corrected chi connectivity index (χ1v) is 5.89. The van der Waals surface area contributed by atoms with Gasteiger partial charge in [0, 0.05) is 0 Å². The van der Waals surface area contributed by atoms with Crippen molar-refractivity contribution in [1.29, 1.82) is 0 Å². The number of ether oxygens (including phenoxy) is 1. The van der Waals surface area contributed by atoms with Crippen LogP contribution in [-0.2, 0) is 6.42 Å². The van der Waals surface area contributed by atoms with Gasteiger partial charge in [-0.05, 0) is 36.0 Å². The zero-order valence-electron chi connectivity index (χ0n) is 10.3. The first-order valence-electron chi connectivity index (χ1n) is 5.89. The lowest BCUT2D eigenvalue weighted by Gasteiger charge is -2.15. The first kappa shape index (κ1) is 12.1. The van der Waals surface area contributed by atoms with Crippen molar-refractivity contribution in [3.8, 4) is 5.75 Å². The molecule has 1 unspecified atom stereocenters. The van der Waals surface area contributed by atoms with Crippen molar-refractivity contribution in [2.75, 3.05) is 7.11 Å². The van der Waals surface area contributed by atoms with Crippen molar-refractivity contribution in [2.24, 2.45) is 0 Å². The maximum Gasteiger partial charge on any atom is 0.122 e. The number of methoxy groups -OCH3 is 1. The molecule has 1 aromatic rings. The summed E-state index contributed by atoms with van der Waals surface area (Å²) in [6.07, 6.45) is 3.48. The topological polar surface area (TPSA) is 9.23 Å². The second-order valence-electron chi connectivity index (χ2n) is 4.14. The van der Waals surface area contributed by atoms with Crippen molar-refractivity contribution >= 4 is 0 Å². The summed E-state index contributed by atoms with van der Waals surface area (Å²) in [4.78, 5) is 0. The molecule has 0 aromatic heterocycles. The normalized spacial score (nSPS) is 12.5. The molecule has 0 fully saturated rings. The molecule has 0 radical (unpaired) electrons. The van der Waals surface area contributed by atoms with Crippen LogP contribution in [0.3, 0.4) is 0 Å². The summed E-state index contributed by atoms with van der Waals surface area (Å²) in [5.41, 5.74) is 2.71. The van der Waals surface area contributed by atoms with Gasteiger partial charge in [0.05, 0.1) is 7.11 Å². The third-order valence-corrected chi connectivity index (χ3v) is 2.98. The van der Waals surface area contributed by atoms with E-state index in [2.05, 4.69) is 39.0 Å². The molecule has 1 aromatic carbocycles. The number of benzene rings is 1. The molecule has 0 bridgehead atoms. The highest BCUT2D eigenvalue weighted by atomic mass is 16.5. The highest BCUT2D eigenvalue weighted by Crippen LogP contribution is 2.29. The van der Waals surface area contributed by atoms with Crippen molar-refractivity contribution < 1.29 is 4.74 Å². The third kappa shape index (κ3) is 2.98. The van der Waals surface area contributed by atoms with Gasteiger partial charge in [-0.1, -0.05) is 39.3 Å². The Balaban J connectivity index is 2.98. The van der Waals surface area contributed by atoms with E-state index >= 15 is 0 Å². The Hall–Kier alpha value is -0.980. The number of hydrogen-bond donors (Lipinski definition) is 0. The van der Waals surface area contributed by atoms with Crippen LogP contribution in [0.4, 0.5) is 0 Å². The van der Waals surface area contributed by atoms with Crippen LogP contribution in [0.15, 0.2) is 18.2 Å². The Morgan fingerprint density at radius 1 is 1.27 bits per heavy atom. The average molecular weight is 206 g/mol. The lowest BCUT2D eigenvalue weighted by molar-refractivity contribution is 0.405. The SMILES string of the molecule is CCCc1ccc(C(C)CC)c(OC)c1. The number of aryl methyl sites for hydroxylation is 1. The quantitative estimate of drug-likeness (QED) is 0.703. The minimum absolute atomic E-state index is 0.579. The summed E-state index contributed by atoms with van der Waals surface area (Å²) in [7, 11) is 1.76. The highest BCUT2D eigenvalue weighted by molar-refractivity contribution is 5.39. The van der Waals surface area contributed by atoms with Crippen LogP contribution in [0.2, 0.25) is 0 Å². The van der Waals surface area contributed by atoms with E-state index < -0.39 is 0 Å². The smallest absolute Gasteiger partial charge is 0.122 e. The van der Waals surface area contributed by atoms with E-state index in [1.54, 1.807) is 7.11 Å². The molecule has 0 aliphatic carbocycles. The fraction of sp³-hybridized carbons (Fsp3) is 0.571. The van der Waals surface area contributed by atoms with Gasteiger partial charge in [-0.3, -0.25) is 0 Å². The Morgan fingerprint density at radius 2 is 2.00 bits per heavy atom. The van der Waals surface area contributed by atoms with Gasteiger partial charge in [0.25, 0.3) is 0 Å². The van der Waals surface area contributed by atoms with Crippen LogP contribution < -0.4 is 4.74 Å². The second kappa shape index (κ2) is 5.79. The molecule has 0 aliphatic heterocycles. The summed E-state index contributed by atoms with van der Waals surface area (Å²) in [6, 6.07) is 6.64. The summed E-state index contributed by atoms with van der Waals surface area (Å²) in [5, 5.41) is 0. The predicted molar refractivity (Wildman–Crippen MR) is 65.7 cm³/mol. The number of rotatable bonds is 5. The van der Waals surface area contributed by atoms with Gasteiger partial charge >= 0.3 is 0 Å². The zero-order valence-corrected chi connectivity index (χ0v) is 10.3. The van der Waals surface area contributed by atoms with Crippen molar-refractivity contribution in [3.63, 3.8) is 0 Å². The van der Waals surface area contributed by atoms with Crippen LogP contribution in [-0.4, -0.2) is 7.11 Å². The van der Waals surface area contributed by atoms with Gasteiger partial charge in [0.15, 0.2) is 0 Å². The standard InChI is InChI=1S/C14H22O/c1-5-7-12-8-9-13(11(3)6-2)14(10-12)15-4/h8-11H,5-7H2,1-4H3. The first-order chi connectivity index (χ1) is 7.22. The van der Waals surface area contributed by atoms with Gasteiger partial charge in [0.1, 0.15) is 5.75 Å². The molecule has 0 saturated carbocycles. The molecule has 0 saturated heterocycles. The molecule has 84 valence electrons. The lowest BCUT2D eigenvalue weighted by atomic mass is 9.95. The van der Waals surface area contributed by atoms with E-state index in [0.717, 1.165) is 18.6 Å². The third-order valence-electron chi connectivity index (χ3n) is 2.98. The molecule has 1 nitrogen and oxygen atoms in total. The minimum Gasteiger partial charge on any atom is -0.496 e. The summed E-state index contributed by atoms with van der Waals surface area (Å²) in [5.74, 6) is 1.63. The van der Waals surface area contributed by atoms with E-state index in [4.69, 9.17) is 4.74 Å². The molecule has 0 heterocycles. The summed E-state index contributed by atoms with van der Waals surface area (Å²) in [6.45, 7) is 6.66. The number of hydrogen-bond acceptors (Lipinski definition) is 1. The van der Waals surface area contributed by atoms with Crippen LogP contribution in [0, 0.1) is 0 Å². The Morgan fingerprint density at radius 3 is 2.53 bits per heavy atom. The predicted octanol–water partition coefficient (Wildman–Crippen LogP) is 4.16. The second-order valence-corrected chi connectivity index (χ2v) is 4.14. The molecular formula is C14H22O. The molecule has 0 aliphatic rings. The van der Waals surface area contributed by atoms with Crippen LogP contribution in [0.25, 0.3) is 0 Å². The van der Waals surface area contributed by atoms with Crippen LogP contribution in [0.1, 0.15) is 50.7 Å². The van der Waals surface area contributed by atoms with E-state index in [0.29, 0.717) is 5.92 Å². The highest BCUT2D eigenvalue weighted by Gasteiger charge is 2.09. The fourth-order valence-corrected chi connectivity index (χ4v) is 1.83. The van der Waals surface area contributed by atoms with Crippen molar-refractivity contribution in [1.82, 2.24) is 0 Å². The summed E-state index contributed by atoms with van der Waals surface area (Å²) >= 11 is 0. The van der Waals surface area contributed by atoms with E-state index in [1.165, 1.54) is 17.5 Å². The Labute approximate surface area is 93.5 Å². The van der Waals surface area contributed by atoms with Gasteiger partial charge in [-0.15, -0.1) is 0 Å². The van der Waals surface area contributed by atoms with Gasteiger partial charge in [0.2, 0.25) is 0 Å². The molecule has 1 rings (SSSR count). The maximum atomic E-state index is 5.46. The van der Waals surface area contributed by atoms with Gasteiger partial charge < -0.3 is 4.74 Å². The lowest BCUT2D eigenvalue weighted by Crippen LogP contribution is -1.98. The average Bonchev–Trinajstić information content (AvgIpc) is 2.28.